The molecule has 0 amide bonds. The summed E-state index contributed by atoms with van der Waals surface area (Å²) in [6, 6.07) is 3.67. The molecule has 2 aromatic heterocycles. The second-order valence-corrected chi connectivity index (χ2v) is 4.18. The van der Waals surface area contributed by atoms with Crippen LogP contribution in [0.2, 0.25) is 0 Å². The first kappa shape index (κ1) is 10.6. The topological polar surface area (TPSA) is 69.6 Å². The Morgan fingerprint density at radius 1 is 1.38 bits per heavy atom. The Morgan fingerprint density at radius 2 is 2.19 bits per heavy atom. The number of rotatable bonds is 3. The zero-order valence-electron chi connectivity index (χ0n) is 9.46. The second-order valence-electron chi connectivity index (χ2n) is 4.18. The lowest BCUT2D eigenvalue weighted by molar-refractivity contribution is 0.525. The van der Waals surface area contributed by atoms with Gasteiger partial charge < -0.3 is 10.3 Å². The van der Waals surface area contributed by atoms with Gasteiger partial charge in [-0.15, -0.1) is 10.2 Å². The van der Waals surface area contributed by atoms with Crippen LogP contribution < -0.4 is 5.73 Å². The summed E-state index contributed by atoms with van der Waals surface area (Å²) in [6.07, 6.45) is 3.36. The summed E-state index contributed by atoms with van der Waals surface area (Å²) in [4.78, 5) is 4.24. The summed E-state index contributed by atoms with van der Waals surface area (Å²) in [7, 11) is 0. The summed E-state index contributed by atoms with van der Waals surface area (Å²) >= 11 is 0. The number of anilines is 1. The average Bonchev–Trinajstić information content (AvgIpc) is 2.66. The fraction of sp³-hybridized carbons (Fsp3) is 0.364. The molecule has 0 spiro atoms. The molecule has 0 aliphatic carbocycles. The summed E-state index contributed by atoms with van der Waals surface area (Å²) < 4.78 is 2.00. The lowest BCUT2D eigenvalue weighted by Gasteiger charge is -2.08. The molecule has 5 heteroatoms. The molecule has 0 unspecified atom stereocenters. The molecule has 2 rings (SSSR count). The Balaban J connectivity index is 2.33. The third-order valence-corrected chi connectivity index (χ3v) is 2.19. The zero-order valence-corrected chi connectivity index (χ0v) is 9.46. The van der Waals surface area contributed by atoms with Crippen LogP contribution >= 0.6 is 0 Å². The van der Waals surface area contributed by atoms with Crippen LogP contribution in [0, 0.1) is 5.92 Å². The van der Waals surface area contributed by atoms with E-state index in [1.165, 1.54) is 0 Å². The molecule has 0 aliphatic rings. The SMILES string of the molecule is CC(C)Cn1cnnc1-c1ccc(N)cn1. The molecule has 2 N–H and O–H groups in total. The molecule has 0 atom stereocenters. The summed E-state index contributed by atoms with van der Waals surface area (Å²) in [6.45, 7) is 5.19. The van der Waals surface area contributed by atoms with Crippen molar-refractivity contribution in [1.29, 1.82) is 0 Å². The summed E-state index contributed by atoms with van der Waals surface area (Å²) in [5, 5.41) is 7.99. The highest BCUT2D eigenvalue weighted by Crippen LogP contribution is 2.15. The van der Waals surface area contributed by atoms with Crippen LogP contribution in [-0.4, -0.2) is 19.7 Å². The van der Waals surface area contributed by atoms with E-state index in [9.17, 15) is 0 Å². The third-order valence-electron chi connectivity index (χ3n) is 2.19. The van der Waals surface area contributed by atoms with E-state index in [0.717, 1.165) is 18.1 Å². The number of nitrogen functional groups attached to an aromatic ring is 1. The molecule has 5 nitrogen and oxygen atoms in total. The van der Waals surface area contributed by atoms with E-state index >= 15 is 0 Å². The van der Waals surface area contributed by atoms with Crippen molar-refractivity contribution in [2.24, 2.45) is 5.92 Å². The van der Waals surface area contributed by atoms with E-state index in [0.29, 0.717) is 11.6 Å². The maximum atomic E-state index is 5.59. The molecule has 0 aromatic carbocycles. The molecule has 0 bridgehead atoms. The molecule has 0 radical (unpaired) electrons. The molecular weight excluding hydrogens is 202 g/mol. The molecule has 2 aromatic rings. The third kappa shape index (κ3) is 2.18. The van der Waals surface area contributed by atoms with Gasteiger partial charge in [0.2, 0.25) is 0 Å². The van der Waals surface area contributed by atoms with Gasteiger partial charge in [-0.25, -0.2) is 0 Å². The highest BCUT2D eigenvalue weighted by Gasteiger charge is 2.09. The van der Waals surface area contributed by atoms with Crippen molar-refractivity contribution in [3.63, 3.8) is 0 Å². The van der Waals surface area contributed by atoms with E-state index in [2.05, 4.69) is 29.0 Å². The van der Waals surface area contributed by atoms with E-state index in [1.54, 1.807) is 12.5 Å². The van der Waals surface area contributed by atoms with Crippen molar-refractivity contribution < 1.29 is 0 Å². The van der Waals surface area contributed by atoms with Gasteiger partial charge in [0, 0.05) is 6.54 Å². The van der Waals surface area contributed by atoms with Gasteiger partial charge in [0.25, 0.3) is 0 Å². The molecule has 84 valence electrons. The minimum Gasteiger partial charge on any atom is -0.397 e. The van der Waals surface area contributed by atoms with Gasteiger partial charge in [-0.2, -0.15) is 0 Å². The minimum atomic E-state index is 0.545. The van der Waals surface area contributed by atoms with Crippen LogP contribution in [0.5, 0.6) is 0 Å². The van der Waals surface area contributed by atoms with Crippen LogP contribution in [0.3, 0.4) is 0 Å². The normalized spacial score (nSPS) is 10.9. The maximum Gasteiger partial charge on any atom is 0.182 e. The number of hydrogen-bond donors (Lipinski definition) is 1. The van der Waals surface area contributed by atoms with Crippen molar-refractivity contribution in [2.75, 3.05) is 5.73 Å². The molecule has 0 saturated carbocycles. The van der Waals surface area contributed by atoms with Crippen LogP contribution in [-0.2, 0) is 6.54 Å². The maximum absolute atomic E-state index is 5.59. The molecule has 0 saturated heterocycles. The van der Waals surface area contributed by atoms with Gasteiger partial charge in [-0.3, -0.25) is 4.98 Å². The molecule has 2 heterocycles. The Kier molecular flexibility index (Phi) is 2.85. The van der Waals surface area contributed by atoms with E-state index in [-0.39, 0.29) is 0 Å². The minimum absolute atomic E-state index is 0.545. The molecule has 16 heavy (non-hydrogen) atoms. The summed E-state index contributed by atoms with van der Waals surface area (Å²) in [5.41, 5.74) is 7.04. The number of aromatic nitrogens is 4. The predicted molar refractivity (Wildman–Crippen MR) is 62.5 cm³/mol. The Labute approximate surface area is 94.3 Å². The predicted octanol–water partition coefficient (Wildman–Crippen LogP) is 1.58. The first-order valence-electron chi connectivity index (χ1n) is 5.26. The second kappa shape index (κ2) is 4.30. The van der Waals surface area contributed by atoms with Crippen molar-refractivity contribution in [3.8, 4) is 11.5 Å². The quantitative estimate of drug-likeness (QED) is 0.847. The van der Waals surface area contributed by atoms with Gasteiger partial charge >= 0.3 is 0 Å². The lowest BCUT2D eigenvalue weighted by Crippen LogP contribution is -2.05. The van der Waals surface area contributed by atoms with Crippen LogP contribution in [0.4, 0.5) is 5.69 Å². The van der Waals surface area contributed by atoms with E-state index in [1.807, 2.05) is 16.7 Å². The van der Waals surface area contributed by atoms with Gasteiger partial charge in [0.05, 0.1) is 11.9 Å². The van der Waals surface area contributed by atoms with Crippen molar-refractivity contribution in [2.45, 2.75) is 20.4 Å². The first-order valence-corrected chi connectivity index (χ1v) is 5.26. The monoisotopic (exact) mass is 217 g/mol. The highest BCUT2D eigenvalue weighted by atomic mass is 15.3. The Bertz CT molecular complexity index is 457. The van der Waals surface area contributed by atoms with Crippen LogP contribution in [0.15, 0.2) is 24.7 Å². The summed E-state index contributed by atoms with van der Waals surface area (Å²) in [5.74, 6) is 1.33. The zero-order chi connectivity index (χ0) is 11.5. The first-order chi connectivity index (χ1) is 7.66. The molecular formula is C11H15N5. The number of hydrogen-bond acceptors (Lipinski definition) is 4. The fourth-order valence-electron chi connectivity index (χ4n) is 1.52. The number of pyridine rings is 1. The molecule has 0 fully saturated rings. The Hall–Kier alpha value is -1.91. The molecule has 0 aliphatic heterocycles. The standard InChI is InChI=1S/C11H15N5/c1-8(2)6-16-7-14-15-11(16)10-4-3-9(12)5-13-10/h3-5,7-8H,6,12H2,1-2H3. The number of nitrogens with zero attached hydrogens (tertiary/aromatic N) is 4. The Morgan fingerprint density at radius 3 is 2.81 bits per heavy atom. The van der Waals surface area contributed by atoms with Gasteiger partial charge in [0.1, 0.15) is 12.0 Å². The van der Waals surface area contributed by atoms with Gasteiger partial charge in [0.15, 0.2) is 5.82 Å². The lowest BCUT2D eigenvalue weighted by atomic mass is 10.2. The fourth-order valence-corrected chi connectivity index (χ4v) is 1.52. The number of nitrogens with two attached hydrogens (primary N) is 1. The van der Waals surface area contributed by atoms with Gasteiger partial charge in [-0.1, -0.05) is 13.8 Å². The van der Waals surface area contributed by atoms with Crippen LogP contribution in [0.1, 0.15) is 13.8 Å². The van der Waals surface area contributed by atoms with E-state index < -0.39 is 0 Å². The van der Waals surface area contributed by atoms with Crippen LogP contribution in [0.25, 0.3) is 11.5 Å². The van der Waals surface area contributed by atoms with E-state index in [4.69, 9.17) is 5.73 Å². The van der Waals surface area contributed by atoms with Crippen molar-refractivity contribution >= 4 is 5.69 Å². The highest BCUT2D eigenvalue weighted by molar-refractivity contribution is 5.52. The average molecular weight is 217 g/mol. The van der Waals surface area contributed by atoms with Crippen molar-refractivity contribution in [1.82, 2.24) is 19.7 Å². The van der Waals surface area contributed by atoms with Gasteiger partial charge in [-0.05, 0) is 18.1 Å². The largest absolute Gasteiger partial charge is 0.397 e. The van der Waals surface area contributed by atoms with Crippen molar-refractivity contribution in [3.05, 3.63) is 24.7 Å². The smallest absolute Gasteiger partial charge is 0.182 e.